The van der Waals surface area contributed by atoms with E-state index in [1.807, 2.05) is 19.1 Å². The average Bonchev–Trinajstić information content (AvgIpc) is 2.74. The lowest BCUT2D eigenvalue weighted by Gasteiger charge is -2.31. The lowest BCUT2D eigenvalue weighted by atomic mass is 10.1. The zero-order valence-electron chi connectivity index (χ0n) is 17.1. The van der Waals surface area contributed by atoms with Crippen molar-refractivity contribution in [3.05, 3.63) is 23.9 Å². The maximum atomic E-state index is 11.3. The van der Waals surface area contributed by atoms with Crippen LogP contribution in [0.1, 0.15) is 31.7 Å². The Bertz CT molecular complexity index is 839. The molecule has 29 heavy (non-hydrogen) atoms. The van der Waals surface area contributed by atoms with E-state index in [-0.39, 0.29) is 5.91 Å². The molecule has 0 unspecified atom stereocenters. The van der Waals surface area contributed by atoms with Crippen molar-refractivity contribution in [2.45, 2.75) is 33.1 Å². The van der Waals surface area contributed by atoms with Gasteiger partial charge in [-0.2, -0.15) is 4.98 Å². The summed E-state index contributed by atoms with van der Waals surface area (Å²) >= 11 is 0. The highest BCUT2D eigenvalue weighted by Gasteiger charge is 2.20. The summed E-state index contributed by atoms with van der Waals surface area (Å²) < 4.78 is 5.51. The van der Waals surface area contributed by atoms with E-state index in [1.54, 1.807) is 6.20 Å². The number of hydrogen-bond donors (Lipinski definition) is 1. The lowest BCUT2D eigenvalue weighted by molar-refractivity contribution is -0.114. The van der Waals surface area contributed by atoms with Gasteiger partial charge in [-0.1, -0.05) is 0 Å². The molecule has 0 spiro atoms. The Hall–Kier alpha value is -2.74. The van der Waals surface area contributed by atoms with Gasteiger partial charge in [-0.15, -0.1) is 0 Å². The molecule has 0 bridgehead atoms. The molecule has 2 aliphatic heterocycles. The molecule has 0 saturated carbocycles. The highest BCUT2D eigenvalue weighted by molar-refractivity contribution is 5.88. The fourth-order valence-corrected chi connectivity index (χ4v) is 3.82. The highest BCUT2D eigenvalue weighted by atomic mass is 16.5. The van der Waals surface area contributed by atoms with Crippen molar-refractivity contribution >= 4 is 23.5 Å². The molecular weight excluding hydrogens is 368 g/mol. The lowest BCUT2D eigenvalue weighted by Crippen LogP contribution is -2.37. The van der Waals surface area contributed by atoms with Crippen LogP contribution in [0.15, 0.2) is 18.3 Å². The highest BCUT2D eigenvalue weighted by Crippen LogP contribution is 2.29. The number of nitrogens with one attached hydrogen (secondary N) is 1. The molecule has 2 saturated heterocycles. The average molecular weight is 396 g/mol. The maximum Gasteiger partial charge on any atom is 0.227 e. The quantitative estimate of drug-likeness (QED) is 0.850. The summed E-state index contributed by atoms with van der Waals surface area (Å²) in [6.07, 6.45) is 5.39. The number of amides is 1. The molecule has 8 nitrogen and oxygen atoms in total. The van der Waals surface area contributed by atoms with Gasteiger partial charge in [0.2, 0.25) is 11.9 Å². The van der Waals surface area contributed by atoms with Crippen LogP contribution < -0.4 is 15.1 Å². The van der Waals surface area contributed by atoms with Gasteiger partial charge in [-0.05, 0) is 37.8 Å². The summed E-state index contributed by atoms with van der Waals surface area (Å²) in [5, 5.41) is 2.74. The first-order chi connectivity index (χ1) is 14.1. The molecule has 1 amide bonds. The topological polar surface area (TPSA) is 83.5 Å². The number of carbonyl (C=O) groups excluding carboxylic acids is 1. The van der Waals surface area contributed by atoms with E-state index in [1.165, 1.54) is 26.2 Å². The molecule has 8 heteroatoms. The molecule has 0 atom stereocenters. The van der Waals surface area contributed by atoms with Gasteiger partial charge < -0.3 is 19.9 Å². The molecule has 2 aromatic heterocycles. The Morgan fingerprint density at radius 2 is 1.79 bits per heavy atom. The Kier molecular flexibility index (Phi) is 5.89. The van der Waals surface area contributed by atoms with Crippen molar-refractivity contribution in [3.63, 3.8) is 0 Å². The minimum absolute atomic E-state index is 0.131. The van der Waals surface area contributed by atoms with Gasteiger partial charge in [0, 0.05) is 50.9 Å². The Balaban J connectivity index is 1.72. The zero-order chi connectivity index (χ0) is 20.2. The second-order valence-corrected chi connectivity index (χ2v) is 7.62. The maximum absolute atomic E-state index is 11.3. The van der Waals surface area contributed by atoms with E-state index < -0.39 is 0 Å². The number of aryl methyl sites for hydroxylation is 1. The van der Waals surface area contributed by atoms with Crippen LogP contribution >= 0.6 is 0 Å². The number of aromatic nitrogens is 3. The van der Waals surface area contributed by atoms with E-state index in [0.717, 1.165) is 54.8 Å². The molecule has 2 aliphatic rings. The van der Waals surface area contributed by atoms with Crippen LogP contribution in [-0.2, 0) is 9.53 Å². The number of nitrogens with zero attached hydrogens (tertiary/aromatic N) is 5. The van der Waals surface area contributed by atoms with Gasteiger partial charge in [-0.3, -0.25) is 4.79 Å². The first kappa shape index (κ1) is 19.6. The van der Waals surface area contributed by atoms with Gasteiger partial charge in [0.25, 0.3) is 0 Å². The van der Waals surface area contributed by atoms with Crippen LogP contribution in [0.2, 0.25) is 0 Å². The van der Waals surface area contributed by atoms with Crippen LogP contribution in [0.5, 0.6) is 0 Å². The third-order valence-electron chi connectivity index (χ3n) is 5.37. The fraction of sp³-hybridized carbons (Fsp3) is 0.524. The molecule has 154 valence electrons. The van der Waals surface area contributed by atoms with E-state index in [2.05, 4.69) is 20.1 Å². The van der Waals surface area contributed by atoms with Gasteiger partial charge in [0.15, 0.2) is 0 Å². The monoisotopic (exact) mass is 396 g/mol. The molecule has 0 aliphatic carbocycles. The van der Waals surface area contributed by atoms with Gasteiger partial charge in [0.1, 0.15) is 11.6 Å². The number of carbonyl (C=O) groups is 1. The smallest absolute Gasteiger partial charge is 0.227 e. The second kappa shape index (κ2) is 8.73. The van der Waals surface area contributed by atoms with Gasteiger partial charge in [0.05, 0.1) is 18.9 Å². The first-order valence-electron chi connectivity index (χ1n) is 10.3. The van der Waals surface area contributed by atoms with Crippen molar-refractivity contribution in [2.75, 3.05) is 54.5 Å². The molecule has 2 fully saturated rings. The van der Waals surface area contributed by atoms with Crippen LogP contribution in [0, 0.1) is 6.92 Å². The van der Waals surface area contributed by atoms with Crippen molar-refractivity contribution in [3.8, 4) is 11.3 Å². The third-order valence-corrected chi connectivity index (χ3v) is 5.37. The van der Waals surface area contributed by atoms with E-state index in [9.17, 15) is 4.79 Å². The summed E-state index contributed by atoms with van der Waals surface area (Å²) in [5.41, 5.74) is 2.83. The number of pyridine rings is 1. The number of ether oxygens (including phenoxy) is 1. The van der Waals surface area contributed by atoms with E-state index >= 15 is 0 Å². The zero-order valence-corrected chi connectivity index (χ0v) is 17.1. The molecule has 4 rings (SSSR count). The van der Waals surface area contributed by atoms with Crippen LogP contribution in [0.4, 0.5) is 17.6 Å². The van der Waals surface area contributed by atoms with Crippen molar-refractivity contribution < 1.29 is 9.53 Å². The number of rotatable bonds is 4. The molecule has 0 aromatic carbocycles. The summed E-state index contributed by atoms with van der Waals surface area (Å²) in [6.45, 7) is 8.56. The predicted octanol–water partition coefficient (Wildman–Crippen LogP) is 2.63. The normalized spacial score (nSPS) is 17.3. The van der Waals surface area contributed by atoms with Crippen molar-refractivity contribution in [1.82, 2.24) is 15.0 Å². The minimum atomic E-state index is -0.131. The molecule has 2 aromatic rings. The van der Waals surface area contributed by atoms with E-state index in [4.69, 9.17) is 14.7 Å². The number of morpholine rings is 1. The first-order valence-corrected chi connectivity index (χ1v) is 10.3. The Labute approximate surface area is 171 Å². The summed E-state index contributed by atoms with van der Waals surface area (Å²) in [5.74, 6) is 2.14. The summed E-state index contributed by atoms with van der Waals surface area (Å²) in [7, 11) is 0. The second-order valence-electron chi connectivity index (χ2n) is 7.62. The van der Waals surface area contributed by atoms with Gasteiger partial charge >= 0.3 is 0 Å². The van der Waals surface area contributed by atoms with Crippen molar-refractivity contribution in [1.29, 1.82) is 0 Å². The standard InChI is InChI=1S/C21H28N6O2/c1-15-12-19(23-16(2)28)22-14-17(15)18-13-20(26-8-10-29-11-9-26)25-21(24-18)27-6-4-3-5-7-27/h12-14H,3-11H2,1-2H3,(H,22,23,28). The minimum Gasteiger partial charge on any atom is -0.378 e. The van der Waals surface area contributed by atoms with Crippen molar-refractivity contribution in [2.24, 2.45) is 0 Å². The number of anilines is 3. The summed E-state index contributed by atoms with van der Waals surface area (Å²) in [6, 6.07) is 3.93. The van der Waals surface area contributed by atoms with Crippen LogP contribution in [-0.4, -0.2) is 60.3 Å². The predicted molar refractivity (Wildman–Crippen MR) is 113 cm³/mol. The number of hydrogen-bond acceptors (Lipinski definition) is 7. The van der Waals surface area contributed by atoms with Crippen LogP contribution in [0.25, 0.3) is 11.3 Å². The molecule has 0 radical (unpaired) electrons. The molecular formula is C21H28N6O2. The largest absolute Gasteiger partial charge is 0.378 e. The third kappa shape index (κ3) is 4.64. The SMILES string of the molecule is CC(=O)Nc1cc(C)c(-c2cc(N3CCOCC3)nc(N3CCCCC3)n2)cn1. The molecule has 4 heterocycles. The fourth-order valence-electron chi connectivity index (χ4n) is 3.82. The Morgan fingerprint density at radius 3 is 2.48 bits per heavy atom. The van der Waals surface area contributed by atoms with Crippen LogP contribution in [0.3, 0.4) is 0 Å². The summed E-state index contributed by atoms with van der Waals surface area (Å²) in [4.78, 5) is 30.1. The van der Waals surface area contributed by atoms with Gasteiger partial charge in [-0.25, -0.2) is 9.97 Å². The number of piperidine rings is 1. The Morgan fingerprint density at radius 1 is 1.03 bits per heavy atom. The van der Waals surface area contributed by atoms with E-state index in [0.29, 0.717) is 19.0 Å². The molecule has 1 N–H and O–H groups in total.